The van der Waals surface area contributed by atoms with Crippen LogP contribution in [-0.4, -0.2) is 31.0 Å². The van der Waals surface area contributed by atoms with E-state index in [1.165, 1.54) is 11.3 Å². The first-order chi connectivity index (χ1) is 14.0. The number of amides is 2. The number of esters is 1. The second-order valence-corrected chi connectivity index (χ2v) is 8.00. The SMILES string of the molecule is NC(=O)c1c(NC(=O)COC(=O)C2=Cc3ccccc3OC2)sc2c1CCCC2. The molecule has 0 fully saturated rings. The number of carbonyl (C=O) groups excluding carboxylic acids is 3. The summed E-state index contributed by atoms with van der Waals surface area (Å²) in [6.45, 7) is -0.375. The second-order valence-electron chi connectivity index (χ2n) is 6.90. The lowest BCUT2D eigenvalue weighted by Crippen LogP contribution is -2.24. The van der Waals surface area contributed by atoms with Crippen molar-refractivity contribution in [3.63, 3.8) is 0 Å². The molecule has 0 bridgehead atoms. The number of carbonyl (C=O) groups is 3. The number of para-hydroxylation sites is 1. The molecule has 0 saturated heterocycles. The number of primary amides is 1. The number of hydrogen-bond acceptors (Lipinski definition) is 6. The molecule has 7 nitrogen and oxygen atoms in total. The highest BCUT2D eigenvalue weighted by Crippen LogP contribution is 2.37. The van der Waals surface area contributed by atoms with Crippen molar-refractivity contribution in [1.82, 2.24) is 0 Å². The maximum absolute atomic E-state index is 12.3. The molecular weight excluding hydrogens is 392 g/mol. The first-order valence-electron chi connectivity index (χ1n) is 9.36. The van der Waals surface area contributed by atoms with Gasteiger partial charge in [0, 0.05) is 10.4 Å². The molecule has 0 atom stereocenters. The lowest BCUT2D eigenvalue weighted by molar-refractivity contribution is -0.143. The second kappa shape index (κ2) is 8.08. The molecule has 2 amide bonds. The summed E-state index contributed by atoms with van der Waals surface area (Å²) in [5.41, 5.74) is 7.96. The Hall–Kier alpha value is -3.13. The van der Waals surface area contributed by atoms with Gasteiger partial charge in [-0.15, -0.1) is 11.3 Å². The van der Waals surface area contributed by atoms with Crippen LogP contribution in [-0.2, 0) is 27.2 Å². The molecule has 2 aliphatic rings. The van der Waals surface area contributed by atoms with Crippen molar-refractivity contribution in [3.05, 3.63) is 51.4 Å². The highest BCUT2D eigenvalue weighted by atomic mass is 32.1. The zero-order chi connectivity index (χ0) is 20.4. The van der Waals surface area contributed by atoms with Gasteiger partial charge in [-0.05, 0) is 43.4 Å². The van der Waals surface area contributed by atoms with Crippen molar-refractivity contribution in [2.45, 2.75) is 25.7 Å². The van der Waals surface area contributed by atoms with E-state index in [-0.39, 0.29) is 6.61 Å². The Kier molecular flexibility index (Phi) is 5.35. The van der Waals surface area contributed by atoms with Crippen LogP contribution in [0.3, 0.4) is 0 Å². The fraction of sp³-hybridized carbons (Fsp3) is 0.286. The number of fused-ring (bicyclic) bond motifs is 2. The lowest BCUT2D eigenvalue weighted by Gasteiger charge is -2.16. The fourth-order valence-corrected chi connectivity index (χ4v) is 4.85. The number of thiophene rings is 1. The van der Waals surface area contributed by atoms with Crippen molar-refractivity contribution in [2.75, 3.05) is 18.5 Å². The number of hydrogen-bond donors (Lipinski definition) is 2. The summed E-state index contributed by atoms with van der Waals surface area (Å²) in [7, 11) is 0. The third-order valence-electron chi connectivity index (χ3n) is 4.90. The van der Waals surface area contributed by atoms with Gasteiger partial charge in [0.2, 0.25) is 0 Å². The summed E-state index contributed by atoms with van der Waals surface area (Å²) in [5, 5.41) is 3.10. The molecule has 0 unspecified atom stereocenters. The van der Waals surface area contributed by atoms with E-state index in [1.54, 1.807) is 6.08 Å². The van der Waals surface area contributed by atoms with Gasteiger partial charge < -0.3 is 20.5 Å². The minimum absolute atomic E-state index is 0.0843. The minimum atomic E-state index is -0.616. The van der Waals surface area contributed by atoms with Gasteiger partial charge in [-0.2, -0.15) is 0 Å². The van der Waals surface area contributed by atoms with Gasteiger partial charge in [0.15, 0.2) is 6.61 Å². The summed E-state index contributed by atoms with van der Waals surface area (Å²) in [4.78, 5) is 37.5. The van der Waals surface area contributed by atoms with Crippen LogP contribution in [0.5, 0.6) is 5.75 Å². The van der Waals surface area contributed by atoms with E-state index >= 15 is 0 Å². The zero-order valence-electron chi connectivity index (χ0n) is 15.7. The first kappa shape index (κ1) is 19.2. The van der Waals surface area contributed by atoms with E-state index in [9.17, 15) is 14.4 Å². The number of anilines is 1. The predicted octanol–water partition coefficient (Wildman–Crippen LogP) is 2.68. The van der Waals surface area contributed by atoms with Gasteiger partial charge in [0.05, 0.1) is 11.1 Å². The molecule has 4 rings (SSSR count). The molecule has 0 radical (unpaired) electrons. The van der Waals surface area contributed by atoms with E-state index in [4.69, 9.17) is 15.2 Å². The maximum Gasteiger partial charge on any atom is 0.338 e. The molecule has 2 heterocycles. The normalized spacial score (nSPS) is 14.7. The Morgan fingerprint density at radius 1 is 1.17 bits per heavy atom. The summed E-state index contributed by atoms with van der Waals surface area (Å²) < 4.78 is 10.7. The van der Waals surface area contributed by atoms with E-state index in [0.29, 0.717) is 21.9 Å². The molecule has 0 spiro atoms. The summed E-state index contributed by atoms with van der Waals surface area (Å²) in [6, 6.07) is 7.34. The van der Waals surface area contributed by atoms with Gasteiger partial charge in [-0.3, -0.25) is 9.59 Å². The Morgan fingerprint density at radius 2 is 1.97 bits per heavy atom. The van der Waals surface area contributed by atoms with Crippen molar-refractivity contribution in [1.29, 1.82) is 0 Å². The van der Waals surface area contributed by atoms with Crippen LogP contribution in [0.1, 0.15) is 39.2 Å². The van der Waals surface area contributed by atoms with Crippen LogP contribution in [0.4, 0.5) is 5.00 Å². The van der Waals surface area contributed by atoms with Crippen LogP contribution < -0.4 is 15.8 Å². The fourth-order valence-electron chi connectivity index (χ4n) is 3.54. The number of nitrogens with one attached hydrogen (secondary N) is 1. The van der Waals surface area contributed by atoms with Crippen molar-refractivity contribution < 1.29 is 23.9 Å². The Morgan fingerprint density at radius 3 is 2.79 bits per heavy atom. The number of benzene rings is 1. The van der Waals surface area contributed by atoms with Crippen LogP contribution >= 0.6 is 11.3 Å². The molecule has 29 heavy (non-hydrogen) atoms. The first-order valence-corrected chi connectivity index (χ1v) is 10.2. The third-order valence-corrected chi connectivity index (χ3v) is 6.11. The molecule has 8 heteroatoms. The number of ether oxygens (including phenoxy) is 2. The Bertz CT molecular complexity index is 1020. The molecule has 2 aromatic rings. The largest absolute Gasteiger partial charge is 0.488 e. The van der Waals surface area contributed by atoms with Crippen molar-refractivity contribution in [2.24, 2.45) is 5.73 Å². The number of aryl methyl sites for hydroxylation is 1. The Balaban J connectivity index is 1.40. The molecule has 1 aromatic heterocycles. The quantitative estimate of drug-likeness (QED) is 0.734. The topological polar surface area (TPSA) is 108 Å². The van der Waals surface area contributed by atoms with E-state index < -0.39 is 24.4 Å². The third kappa shape index (κ3) is 4.02. The molecule has 1 aliphatic carbocycles. The molecular formula is C21H20N2O5S. The highest BCUT2D eigenvalue weighted by molar-refractivity contribution is 7.17. The summed E-state index contributed by atoms with van der Waals surface area (Å²) >= 11 is 1.37. The van der Waals surface area contributed by atoms with Gasteiger partial charge >= 0.3 is 5.97 Å². The summed E-state index contributed by atoms with van der Waals surface area (Å²) in [5.74, 6) is -0.991. The monoisotopic (exact) mass is 412 g/mol. The van der Waals surface area contributed by atoms with Gasteiger partial charge in [-0.25, -0.2) is 4.79 Å². The van der Waals surface area contributed by atoms with Crippen molar-refractivity contribution in [3.8, 4) is 5.75 Å². The summed E-state index contributed by atoms with van der Waals surface area (Å²) in [6.07, 6.45) is 5.40. The van der Waals surface area contributed by atoms with Gasteiger partial charge in [0.1, 0.15) is 17.4 Å². The molecule has 0 saturated carbocycles. The van der Waals surface area contributed by atoms with E-state index in [1.807, 2.05) is 24.3 Å². The maximum atomic E-state index is 12.3. The highest BCUT2D eigenvalue weighted by Gasteiger charge is 2.25. The average molecular weight is 412 g/mol. The molecule has 3 N–H and O–H groups in total. The van der Waals surface area contributed by atoms with Crippen LogP contribution in [0.15, 0.2) is 29.8 Å². The van der Waals surface area contributed by atoms with Gasteiger partial charge in [-0.1, -0.05) is 18.2 Å². The molecule has 1 aromatic carbocycles. The molecule has 1 aliphatic heterocycles. The molecule has 150 valence electrons. The van der Waals surface area contributed by atoms with Crippen molar-refractivity contribution >= 4 is 40.2 Å². The zero-order valence-corrected chi connectivity index (χ0v) is 16.5. The Labute approximate surface area is 171 Å². The standard InChI is InChI=1S/C21H20N2O5S/c22-19(25)18-14-6-2-4-8-16(14)29-20(18)23-17(24)11-28-21(26)13-9-12-5-1-3-7-15(12)27-10-13/h1,3,5,7,9H,2,4,6,8,10-11H2,(H2,22,25)(H,23,24). The number of nitrogens with two attached hydrogens (primary N) is 1. The predicted molar refractivity (Wildman–Crippen MR) is 109 cm³/mol. The van der Waals surface area contributed by atoms with E-state index in [0.717, 1.165) is 41.7 Å². The van der Waals surface area contributed by atoms with E-state index in [2.05, 4.69) is 5.32 Å². The smallest absolute Gasteiger partial charge is 0.338 e. The average Bonchev–Trinajstić information content (AvgIpc) is 3.09. The van der Waals surface area contributed by atoms with Crippen LogP contribution in [0, 0.1) is 0 Å². The van der Waals surface area contributed by atoms with Crippen LogP contribution in [0.25, 0.3) is 6.08 Å². The van der Waals surface area contributed by atoms with Gasteiger partial charge in [0.25, 0.3) is 11.8 Å². The minimum Gasteiger partial charge on any atom is -0.488 e. The lowest BCUT2D eigenvalue weighted by atomic mass is 9.95. The van der Waals surface area contributed by atoms with Crippen LogP contribution in [0.2, 0.25) is 0 Å². The number of rotatable bonds is 5.